The number of rotatable bonds is 4. The van der Waals surface area contributed by atoms with Gasteiger partial charge in [0.2, 0.25) is 0 Å². The lowest BCUT2D eigenvalue weighted by atomic mass is 9.74. The van der Waals surface area contributed by atoms with Gasteiger partial charge in [-0.3, -0.25) is 9.59 Å². The van der Waals surface area contributed by atoms with Crippen molar-refractivity contribution in [1.29, 1.82) is 0 Å². The summed E-state index contributed by atoms with van der Waals surface area (Å²) in [5.41, 5.74) is 0.568. The number of carbonyl (C=O) groups is 1. The number of nitrogens with one attached hydrogen (secondary N) is 1. The molecule has 0 radical (unpaired) electrons. The molecule has 1 unspecified atom stereocenters. The summed E-state index contributed by atoms with van der Waals surface area (Å²) in [6.07, 6.45) is 3.01. The molecule has 1 fully saturated rings. The summed E-state index contributed by atoms with van der Waals surface area (Å²) in [5, 5.41) is 10.1. The van der Waals surface area contributed by atoms with Crippen molar-refractivity contribution in [3.8, 4) is 5.75 Å². The molecule has 2 aromatic rings. The monoisotopic (exact) mass is 342 g/mol. The Hall–Kier alpha value is -2.60. The number of hydrogen-bond acceptors (Lipinski definition) is 4. The van der Waals surface area contributed by atoms with Crippen molar-refractivity contribution in [2.45, 2.75) is 18.3 Å². The van der Waals surface area contributed by atoms with Gasteiger partial charge in [-0.05, 0) is 18.4 Å². The number of piperidine rings is 1. The maximum Gasteiger partial charge on any atom is 0.259 e. The number of nitrogens with zero attached hydrogens (tertiary/aromatic N) is 1. The van der Waals surface area contributed by atoms with Crippen molar-refractivity contribution in [1.82, 2.24) is 9.88 Å². The molecule has 0 bridgehead atoms. The minimum absolute atomic E-state index is 0.0243. The molecule has 2 N–H and O–H groups in total. The van der Waals surface area contributed by atoms with Crippen molar-refractivity contribution in [2.75, 3.05) is 26.8 Å². The van der Waals surface area contributed by atoms with Gasteiger partial charge in [0.25, 0.3) is 11.5 Å². The van der Waals surface area contributed by atoms with Crippen LogP contribution in [0.15, 0.2) is 47.4 Å². The third-order valence-corrected chi connectivity index (χ3v) is 4.89. The zero-order valence-corrected chi connectivity index (χ0v) is 14.2. The number of aromatic amines is 1. The molecule has 1 amide bonds. The van der Waals surface area contributed by atoms with Crippen LogP contribution in [-0.2, 0) is 5.41 Å². The van der Waals surface area contributed by atoms with Crippen molar-refractivity contribution >= 4 is 5.91 Å². The molecule has 6 nitrogen and oxygen atoms in total. The molecule has 0 saturated carbocycles. The molecule has 0 spiro atoms. The molecular formula is C19H22N2O4. The lowest BCUT2D eigenvalue weighted by Gasteiger charge is -2.42. The average Bonchev–Trinajstić information content (AvgIpc) is 2.68. The highest BCUT2D eigenvalue weighted by atomic mass is 16.5. The Kier molecular flexibility index (Phi) is 4.90. The van der Waals surface area contributed by atoms with Gasteiger partial charge in [-0.15, -0.1) is 0 Å². The number of ether oxygens (including phenoxy) is 1. The first-order chi connectivity index (χ1) is 12.1. The van der Waals surface area contributed by atoms with E-state index in [4.69, 9.17) is 4.74 Å². The third kappa shape index (κ3) is 3.30. The van der Waals surface area contributed by atoms with Crippen LogP contribution in [0.2, 0.25) is 0 Å². The lowest BCUT2D eigenvalue weighted by Crippen LogP contribution is -2.50. The fourth-order valence-electron chi connectivity index (χ4n) is 3.51. The zero-order valence-electron chi connectivity index (χ0n) is 14.2. The lowest BCUT2D eigenvalue weighted by molar-refractivity contribution is 0.0540. The van der Waals surface area contributed by atoms with Crippen LogP contribution in [0.25, 0.3) is 0 Å². The van der Waals surface area contributed by atoms with Gasteiger partial charge in [0.15, 0.2) is 0 Å². The predicted molar refractivity (Wildman–Crippen MR) is 94.0 cm³/mol. The number of aliphatic hydroxyl groups excluding tert-OH is 1. The number of pyridine rings is 1. The molecule has 3 rings (SSSR count). The topological polar surface area (TPSA) is 82.6 Å². The molecular weight excluding hydrogens is 320 g/mol. The first-order valence-corrected chi connectivity index (χ1v) is 8.32. The van der Waals surface area contributed by atoms with Gasteiger partial charge in [-0.2, -0.15) is 0 Å². The summed E-state index contributed by atoms with van der Waals surface area (Å²) >= 11 is 0. The summed E-state index contributed by atoms with van der Waals surface area (Å²) in [6, 6.07) is 11.1. The normalized spacial score (nSPS) is 20.3. The van der Waals surface area contributed by atoms with Crippen LogP contribution < -0.4 is 10.3 Å². The van der Waals surface area contributed by atoms with Crippen molar-refractivity contribution in [2.24, 2.45) is 0 Å². The van der Waals surface area contributed by atoms with Crippen LogP contribution in [0.5, 0.6) is 5.75 Å². The number of amides is 1. The molecule has 1 aromatic carbocycles. The molecule has 1 aliphatic heterocycles. The van der Waals surface area contributed by atoms with Gasteiger partial charge in [0.1, 0.15) is 5.75 Å². The minimum atomic E-state index is -0.468. The number of likely N-dealkylation sites (tertiary alicyclic amines) is 1. The van der Waals surface area contributed by atoms with E-state index in [1.165, 1.54) is 19.4 Å². The Balaban J connectivity index is 1.91. The van der Waals surface area contributed by atoms with E-state index >= 15 is 0 Å². The second-order valence-electron chi connectivity index (χ2n) is 6.41. The van der Waals surface area contributed by atoms with Gasteiger partial charge in [0.05, 0.1) is 19.3 Å². The highest BCUT2D eigenvalue weighted by molar-refractivity contribution is 5.96. The summed E-state index contributed by atoms with van der Waals surface area (Å²) < 4.78 is 5.18. The SMILES string of the molecule is COc1cc(=O)[nH]cc1C(=O)N1CCCC(CO)(c2ccccc2)C1. The maximum absolute atomic E-state index is 13.0. The van der Waals surface area contributed by atoms with Crippen LogP contribution in [0, 0.1) is 0 Å². The molecule has 2 heterocycles. The number of carbonyl (C=O) groups excluding carboxylic acids is 1. The van der Waals surface area contributed by atoms with Crippen LogP contribution in [0.1, 0.15) is 28.8 Å². The Labute approximate surface area is 146 Å². The summed E-state index contributed by atoms with van der Waals surface area (Å²) in [7, 11) is 1.43. The van der Waals surface area contributed by atoms with E-state index in [0.717, 1.165) is 18.4 Å². The summed E-state index contributed by atoms with van der Waals surface area (Å²) in [5.74, 6) is 0.0511. The van der Waals surface area contributed by atoms with Crippen LogP contribution in [0.3, 0.4) is 0 Å². The van der Waals surface area contributed by atoms with Crippen molar-refractivity contribution in [3.63, 3.8) is 0 Å². The number of aromatic nitrogens is 1. The second kappa shape index (κ2) is 7.11. The Morgan fingerprint density at radius 2 is 2.12 bits per heavy atom. The molecule has 1 aliphatic rings. The quantitative estimate of drug-likeness (QED) is 0.883. The Morgan fingerprint density at radius 3 is 2.80 bits per heavy atom. The number of H-pyrrole nitrogens is 1. The Morgan fingerprint density at radius 1 is 1.36 bits per heavy atom. The number of benzene rings is 1. The number of methoxy groups -OCH3 is 1. The average molecular weight is 342 g/mol. The third-order valence-electron chi connectivity index (χ3n) is 4.89. The number of aliphatic hydroxyl groups is 1. The summed E-state index contributed by atoms with van der Waals surface area (Å²) in [6.45, 7) is 1.01. The first-order valence-electron chi connectivity index (χ1n) is 8.32. The molecule has 6 heteroatoms. The van der Waals surface area contributed by atoms with Gasteiger partial charge in [-0.25, -0.2) is 0 Å². The van der Waals surface area contributed by atoms with Gasteiger partial charge >= 0.3 is 0 Å². The van der Waals surface area contributed by atoms with Gasteiger partial charge < -0.3 is 19.7 Å². The maximum atomic E-state index is 13.0. The fraction of sp³-hybridized carbons (Fsp3) is 0.368. The van der Waals surface area contributed by atoms with E-state index in [-0.39, 0.29) is 23.8 Å². The zero-order chi connectivity index (χ0) is 17.9. The van der Waals surface area contributed by atoms with E-state index in [1.807, 2.05) is 30.3 Å². The molecule has 0 aliphatic carbocycles. The molecule has 1 saturated heterocycles. The second-order valence-corrected chi connectivity index (χ2v) is 6.41. The fourth-order valence-corrected chi connectivity index (χ4v) is 3.51. The van der Waals surface area contributed by atoms with E-state index in [2.05, 4.69) is 4.98 Å². The van der Waals surface area contributed by atoms with Crippen molar-refractivity contribution in [3.05, 3.63) is 64.1 Å². The molecule has 132 valence electrons. The van der Waals surface area contributed by atoms with E-state index in [9.17, 15) is 14.7 Å². The van der Waals surface area contributed by atoms with Crippen LogP contribution in [0.4, 0.5) is 0 Å². The molecule has 1 atom stereocenters. The highest BCUT2D eigenvalue weighted by Crippen LogP contribution is 2.34. The van der Waals surface area contributed by atoms with E-state index in [1.54, 1.807) is 4.90 Å². The van der Waals surface area contributed by atoms with E-state index < -0.39 is 5.41 Å². The Bertz CT molecular complexity index is 803. The first kappa shape index (κ1) is 17.2. The molecule has 25 heavy (non-hydrogen) atoms. The number of hydrogen-bond donors (Lipinski definition) is 2. The standard InChI is InChI=1S/C19H22N2O4/c1-25-16-10-17(23)20-11-15(16)18(24)21-9-5-8-19(12-21,13-22)14-6-3-2-4-7-14/h2-4,6-7,10-11,22H,5,8-9,12-13H2,1H3,(H,20,23). The van der Waals surface area contributed by atoms with Crippen molar-refractivity contribution < 1.29 is 14.6 Å². The summed E-state index contributed by atoms with van der Waals surface area (Å²) in [4.78, 5) is 28.7. The highest BCUT2D eigenvalue weighted by Gasteiger charge is 2.38. The van der Waals surface area contributed by atoms with Gasteiger partial charge in [-0.1, -0.05) is 30.3 Å². The van der Waals surface area contributed by atoms with Gasteiger partial charge in [0, 0.05) is 30.8 Å². The van der Waals surface area contributed by atoms with Crippen LogP contribution >= 0.6 is 0 Å². The molecule has 1 aromatic heterocycles. The predicted octanol–water partition coefficient (Wildman–Crippen LogP) is 1.55. The largest absolute Gasteiger partial charge is 0.496 e. The van der Waals surface area contributed by atoms with Crippen LogP contribution in [-0.4, -0.2) is 47.7 Å². The minimum Gasteiger partial charge on any atom is -0.496 e. The smallest absolute Gasteiger partial charge is 0.259 e. The van der Waals surface area contributed by atoms with E-state index in [0.29, 0.717) is 18.7 Å².